The number of aliphatic carboxylic acids is 3. The number of ether oxygens (including phenoxy) is 7. The van der Waals surface area contributed by atoms with Gasteiger partial charge in [-0.1, -0.05) is 87.7 Å². The summed E-state index contributed by atoms with van der Waals surface area (Å²) in [5.41, 5.74) is 1.23. The van der Waals surface area contributed by atoms with Gasteiger partial charge in [0.1, 0.15) is 11.2 Å². The van der Waals surface area contributed by atoms with Crippen molar-refractivity contribution in [1.82, 2.24) is 19.6 Å². The number of nitrogens with zero attached hydrogens (tertiary/aromatic N) is 4. The van der Waals surface area contributed by atoms with E-state index in [1.807, 2.05) is 47.7 Å². The molecule has 0 bridgehead atoms. The van der Waals surface area contributed by atoms with E-state index >= 15 is 0 Å². The summed E-state index contributed by atoms with van der Waals surface area (Å²) in [7, 11) is 0.701. The number of rotatable bonds is 20. The molecular weight excluding hydrogens is 1200 g/mol. The van der Waals surface area contributed by atoms with Crippen LogP contribution in [0.1, 0.15) is 87.8 Å². The van der Waals surface area contributed by atoms with Crippen LogP contribution < -0.4 is 0 Å². The summed E-state index contributed by atoms with van der Waals surface area (Å²) in [4.78, 5) is 109. The number of aliphatic hydroxyl groups excluding tert-OH is 1. The summed E-state index contributed by atoms with van der Waals surface area (Å²) in [5, 5.41) is 35.7. The van der Waals surface area contributed by atoms with Crippen LogP contribution in [0, 0.1) is 35.5 Å². The number of carboxylic acid groups (broad SMARTS) is 3. The van der Waals surface area contributed by atoms with Crippen LogP contribution in [0.15, 0.2) is 72.8 Å². The predicted octanol–water partition coefficient (Wildman–Crippen LogP) is 7.92. The van der Waals surface area contributed by atoms with Crippen LogP contribution in [0.3, 0.4) is 0 Å². The summed E-state index contributed by atoms with van der Waals surface area (Å²) in [5.74, 6) is -9.03. The van der Waals surface area contributed by atoms with Gasteiger partial charge in [0.15, 0.2) is 0 Å². The molecule has 6 atom stereocenters. The Balaban J connectivity index is -0.00000105. The molecule has 24 nitrogen and oxygen atoms in total. The minimum atomic E-state index is -1.16. The molecule has 3 saturated heterocycles. The van der Waals surface area contributed by atoms with Crippen LogP contribution in [0.25, 0.3) is 0 Å². The van der Waals surface area contributed by atoms with Gasteiger partial charge in [-0.25, -0.2) is 19.2 Å². The first kappa shape index (κ1) is 87.7. The van der Waals surface area contributed by atoms with Crippen LogP contribution in [0.2, 0.25) is 19.6 Å². The molecule has 3 radical (unpaired) electrons. The number of carboxylic acids is 3. The van der Waals surface area contributed by atoms with Gasteiger partial charge in [0.2, 0.25) is 0 Å². The number of amides is 2. The van der Waals surface area contributed by atoms with Gasteiger partial charge in [-0.05, 0) is 99.0 Å². The number of carbonyl (C=O) groups excluding carboxylic acids is 6. The zero-order chi connectivity index (χ0) is 67.4. The van der Waals surface area contributed by atoms with Crippen LogP contribution in [-0.4, -0.2) is 227 Å². The second-order valence-electron chi connectivity index (χ2n) is 23.6. The number of thioether (sulfide) groups is 1. The zero-order valence-corrected chi connectivity index (χ0v) is 56.9. The molecule has 2 aromatic rings. The average molecular weight is 1310 g/mol. The van der Waals surface area contributed by atoms with Crippen molar-refractivity contribution in [3.05, 3.63) is 83.9 Å². The van der Waals surface area contributed by atoms with Crippen molar-refractivity contribution >= 4 is 82.2 Å². The topological polar surface area (TPSA) is 312 Å². The largest absolute Gasteiger partial charge is 0.481 e. The maximum Gasteiger partial charge on any atom is 0.410 e. The quantitative estimate of drug-likeness (QED) is 0.0321. The van der Waals surface area contributed by atoms with Gasteiger partial charge in [0.05, 0.1) is 70.8 Å². The fourth-order valence-electron chi connectivity index (χ4n) is 8.83. The minimum absolute atomic E-state index is 0. The lowest BCUT2D eigenvalue weighted by Gasteiger charge is -2.28. The Morgan fingerprint density at radius 3 is 1.36 bits per heavy atom. The lowest BCUT2D eigenvalue weighted by atomic mass is 9.96. The molecule has 509 valence electrons. The van der Waals surface area contributed by atoms with Gasteiger partial charge in [0.25, 0.3) is 0 Å². The molecule has 0 aromatic heterocycles. The van der Waals surface area contributed by atoms with Crippen LogP contribution in [0.5, 0.6) is 0 Å². The highest BCUT2D eigenvalue weighted by Gasteiger charge is 2.46. The first-order chi connectivity index (χ1) is 41.1. The predicted molar refractivity (Wildman–Crippen MR) is 348 cm³/mol. The van der Waals surface area contributed by atoms with Gasteiger partial charge in [-0.2, -0.15) is 11.8 Å². The SMILES string of the molecule is C.CCOC(=O)/C=C/C(=O)O.CCOC(=O)[C@@H]1CN(C(=O)OC(C)(C)C)C[C@H]1C(=O)O.CCOC(=O)[C@@H]1CN(C(=O)OC(C)(C)C)C[C@H]1CO.CCOC(=O)[C@@H]1CN(Cc2ccccc2)C[C@H]1C(=O)O.COCN(Cc1ccccc1)C[Si](C)(C)C.CSC.[B]. The van der Waals surface area contributed by atoms with Gasteiger partial charge < -0.3 is 63.4 Å². The Morgan fingerprint density at radius 1 is 0.589 bits per heavy atom. The fraction of sp³-hybridized carbons (Fsp3) is 0.635. The molecule has 2 aromatic carbocycles. The molecular formula is C63H104BN4O20SSi. The lowest BCUT2D eigenvalue weighted by molar-refractivity contribution is -0.155. The van der Waals surface area contributed by atoms with E-state index in [9.17, 15) is 53.4 Å². The summed E-state index contributed by atoms with van der Waals surface area (Å²) >= 11 is 1.75. The molecule has 3 fully saturated rings. The second kappa shape index (κ2) is 45.7. The van der Waals surface area contributed by atoms with Gasteiger partial charge in [-0.3, -0.25) is 33.8 Å². The zero-order valence-electron chi connectivity index (χ0n) is 55.1. The molecule has 0 unspecified atom stereocenters. The van der Waals surface area contributed by atoms with E-state index in [-0.39, 0.29) is 73.8 Å². The Kier molecular flexibility index (Phi) is 44.5. The highest BCUT2D eigenvalue weighted by atomic mass is 32.2. The number of carbonyl (C=O) groups is 9. The molecule has 4 N–H and O–H groups in total. The van der Waals surface area contributed by atoms with Gasteiger partial charge in [-0.15, -0.1) is 0 Å². The second-order valence-corrected chi connectivity index (χ2v) is 29.9. The minimum Gasteiger partial charge on any atom is -0.481 e. The van der Waals surface area contributed by atoms with E-state index in [1.165, 1.54) is 21.5 Å². The van der Waals surface area contributed by atoms with E-state index in [4.69, 9.17) is 38.6 Å². The van der Waals surface area contributed by atoms with E-state index < -0.39 is 96.9 Å². The monoisotopic (exact) mass is 1310 g/mol. The molecule has 3 aliphatic heterocycles. The Bertz CT molecular complexity index is 2460. The lowest BCUT2D eigenvalue weighted by Crippen LogP contribution is -2.40. The van der Waals surface area contributed by atoms with Crippen molar-refractivity contribution in [2.75, 3.05) is 105 Å². The average Bonchev–Trinajstić information content (AvgIpc) is 1.76. The normalized spacial score (nSPS) is 18.4. The van der Waals surface area contributed by atoms with E-state index in [1.54, 1.807) is 88.1 Å². The summed E-state index contributed by atoms with van der Waals surface area (Å²) in [6.45, 7) is 29.0. The Hall–Kier alpha value is -6.52. The number of methoxy groups -OCH3 is 1. The number of hydrogen-bond acceptors (Lipinski definition) is 20. The molecule has 90 heavy (non-hydrogen) atoms. The summed E-state index contributed by atoms with van der Waals surface area (Å²) in [6.07, 6.45) is 5.79. The van der Waals surface area contributed by atoms with Crippen molar-refractivity contribution in [2.24, 2.45) is 35.5 Å². The Morgan fingerprint density at radius 2 is 0.967 bits per heavy atom. The van der Waals surface area contributed by atoms with Crippen molar-refractivity contribution in [1.29, 1.82) is 0 Å². The highest BCUT2D eigenvalue weighted by Crippen LogP contribution is 2.29. The van der Waals surface area contributed by atoms with Crippen LogP contribution in [0.4, 0.5) is 9.59 Å². The molecule has 0 spiro atoms. The Labute approximate surface area is 541 Å². The number of benzene rings is 2. The molecule has 0 aliphatic carbocycles. The summed E-state index contributed by atoms with van der Waals surface area (Å²) < 4.78 is 34.9. The molecule has 5 rings (SSSR count). The molecule has 27 heteroatoms. The highest BCUT2D eigenvalue weighted by molar-refractivity contribution is 7.97. The molecule has 3 heterocycles. The van der Waals surface area contributed by atoms with Gasteiger partial charge in [0, 0.05) is 92.6 Å². The molecule has 2 amide bonds. The van der Waals surface area contributed by atoms with Crippen molar-refractivity contribution in [2.45, 2.75) is 121 Å². The summed E-state index contributed by atoms with van der Waals surface area (Å²) in [6, 6.07) is 20.4. The smallest absolute Gasteiger partial charge is 0.410 e. The third-order valence-corrected chi connectivity index (χ3v) is 13.6. The van der Waals surface area contributed by atoms with Crippen molar-refractivity contribution in [3.63, 3.8) is 0 Å². The first-order valence-corrected chi connectivity index (χ1v) is 34.5. The number of esters is 4. The van der Waals surface area contributed by atoms with Crippen molar-refractivity contribution in [3.8, 4) is 0 Å². The first-order valence-electron chi connectivity index (χ1n) is 29.2. The van der Waals surface area contributed by atoms with E-state index in [0.29, 0.717) is 32.8 Å². The van der Waals surface area contributed by atoms with E-state index in [0.717, 1.165) is 31.0 Å². The maximum absolute atomic E-state index is 11.9. The third kappa shape index (κ3) is 37.6. The van der Waals surface area contributed by atoms with Crippen molar-refractivity contribution < 1.29 is 96.7 Å². The van der Waals surface area contributed by atoms with Gasteiger partial charge >= 0.3 is 54.0 Å². The van der Waals surface area contributed by atoms with Crippen LogP contribution in [-0.2, 0) is 79.8 Å². The number of likely N-dealkylation sites (tertiary alicyclic amines) is 3. The number of aliphatic hydroxyl groups is 1. The standard InChI is InChI=1S/C15H19NO4.C13H21NO6.C13H23NO5.C13H23NOSi.C6H8O4.C2H6S.CH4.B/c1-2-20-15(19)13-10-16(9-12(13)14(17)18)8-11-6-4-3-5-7-11;1-5-19-11(17)9-7-14(6-8(9)10(15)16)12(18)20-13(2,3)4;1-5-18-11(16)10-7-14(6-9(10)8-15)12(17)19-13(2,3)4;1-15-11-14(12-16(2,3)4)10-13-8-6-5-7-9-13;1-2-10-6(9)4-3-5(7)8;1-3-2;;/h3-7,12-13H,2,8-10H2,1H3,(H,17,18);8-9H,5-7H2,1-4H3,(H,15,16);9-10,15H,5-8H2,1-4H3;5-9H,10-12H2,1-4H3;3-4H,2H2,1H3,(H,7,8);1-2H3;1H4;/b;;;;4-3+;;;/t12-,13-;8-,9-;9-,10+;;;;;/m110...../s1. The number of hydrogen-bond donors (Lipinski definition) is 4. The third-order valence-electron chi connectivity index (χ3n) is 12.3. The molecule has 3 aliphatic rings. The maximum atomic E-state index is 11.9. The van der Waals surface area contributed by atoms with E-state index in [2.05, 4.69) is 59.6 Å². The fourth-order valence-corrected chi connectivity index (χ4v) is 10.4. The molecule has 0 saturated carbocycles. The van der Waals surface area contributed by atoms with Crippen LogP contribution >= 0.6 is 11.8 Å².